The van der Waals surface area contributed by atoms with Gasteiger partial charge in [0.1, 0.15) is 5.75 Å². The molecule has 4 rings (SSSR count). The van der Waals surface area contributed by atoms with Crippen molar-refractivity contribution >= 4 is 0 Å². The predicted molar refractivity (Wildman–Crippen MR) is 81.9 cm³/mol. The van der Waals surface area contributed by atoms with E-state index in [4.69, 9.17) is 0 Å². The highest BCUT2D eigenvalue weighted by molar-refractivity contribution is 5.40. The molecule has 0 spiro atoms. The van der Waals surface area contributed by atoms with Gasteiger partial charge >= 0.3 is 0 Å². The van der Waals surface area contributed by atoms with Gasteiger partial charge in [0.25, 0.3) is 0 Å². The number of aryl methyl sites for hydroxylation is 1. The first kappa shape index (κ1) is 12.5. The molecule has 20 heavy (non-hydrogen) atoms. The van der Waals surface area contributed by atoms with Crippen LogP contribution in [0.4, 0.5) is 0 Å². The van der Waals surface area contributed by atoms with Crippen LogP contribution in [-0.4, -0.2) is 5.11 Å². The van der Waals surface area contributed by atoms with Crippen molar-refractivity contribution in [2.24, 2.45) is 17.3 Å². The molecule has 1 aromatic rings. The molecule has 0 amide bonds. The minimum absolute atomic E-state index is 0.432. The third-order valence-corrected chi connectivity index (χ3v) is 6.68. The van der Waals surface area contributed by atoms with E-state index >= 15 is 0 Å². The molecule has 0 aromatic heterocycles. The minimum Gasteiger partial charge on any atom is -0.508 e. The highest BCUT2D eigenvalue weighted by atomic mass is 16.3. The number of aromatic hydroxyl groups is 1. The predicted octanol–water partition coefficient (Wildman–Crippen LogP) is 4.80. The van der Waals surface area contributed by atoms with E-state index in [-0.39, 0.29) is 0 Å². The summed E-state index contributed by atoms with van der Waals surface area (Å²) in [4.78, 5) is 0. The number of rotatable bonds is 0. The molecule has 4 atom stereocenters. The molecule has 1 heteroatoms. The second kappa shape index (κ2) is 4.13. The van der Waals surface area contributed by atoms with Crippen molar-refractivity contribution in [3.8, 4) is 5.75 Å². The second-order valence-corrected chi connectivity index (χ2v) is 7.38. The van der Waals surface area contributed by atoms with Gasteiger partial charge in [0, 0.05) is 0 Å². The van der Waals surface area contributed by atoms with Gasteiger partial charge in [-0.1, -0.05) is 24.6 Å². The maximum Gasteiger partial charge on any atom is 0.115 e. The zero-order chi connectivity index (χ0) is 13.9. The number of fused-ring (bicyclic) bond motifs is 5. The van der Waals surface area contributed by atoms with Gasteiger partial charge in [0.2, 0.25) is 0 Å². The molecule has 1 aromatic carbocycles. The Labute approximate surface area is 121 Å². The Bertz CT molecular complexity index is 585. The van der Waals surface area contributed by atoms with Crippen LogP contribution < -0.4 is 0 Å². The van der Waals surface area contributed by atoms with Crippen LogP contribution in [0.3, 0.4) is 0 Å². The summed E-state index contributed by atoms with van der Waals surface area (Å²) in [6.07, 6.45) is 8.90. The first-order valence-electron chi connectivity index (χ1n) is 8.08. The number of hydrogen-bond donors (Lipinski definition) is 1. The van der Waals surface area contributed by atoms with Crippen LogP contribution in [0.5, 0.6) is 5.75 Å². The lowest BCUT2D eigenvalue weighted by molar-refractivity contribution is 0.0753. The van der Waals surface area contributed by atoms with Crippen molar-refractivity contribution in [2.75, 3.05) is 0 Å². The van der Waals surface area contributed by atoms with Crippen LogP contribution >= 0.6 is 0 Å². The summed E-state index contributed by atoms with van der Waals surface area (Å²) in [6, 6.07) is 6.07. The molecule has 1 N–H and O–H groups in total. The number of hydrogen-bond acceptors (Lipinski definition) is 1. The topological polar surface area (TPSA) is 20.2 Å². The Morgan fingerprint density at radius 2 is 2.10 bits per heavy atom. The van der Waals surface area contributed by atoms with Crippen LogP contribution in [-0.2, 0) is 6.42 Å². The molecule has 0 aliphatic heterocycles. The highest BCUT2D eigenvalue weighted by Crippen LogP contribution is 2.60. The molecule has 1 saturated carbocycles. The van der Waals surface area contributed by atoms with E-state index in [9.17, 15) is 5.11 Å². The fraction of sp³-hybridized carbons (Fsp3) is 0.579. The molecule has 3 aliphatic carbocycles. The van der Waals surface area contributed by atoms with Gasteiger partial charge in [-0.3, -0.25) is 0 Å². The van der Waals surface area contributed by atoms with E-state index in [0.717, 1.165) is 24.2 Å². The average molecular weight is 268 g/mol. The summed E-state index contributed by atoms with van der Waals surface area (Å²) in [7, 11) is 0. The lowest BCUT2D eigenvalue weighted by Crippen LogP contribution is -2.40. The Morgan fingerprint density at radius 1 is 1.25 bits per heavy atom. The van der Waals surface area contributed by atoms with Crippen molar-refractivity contribution in [3.05, 3.63) is 41.0 Å². The van der Waals surface area contributed by atoms with Crippen LogP contribution in [0.1, 0.15) is 56.6 Å². The Morgan fingerprint density at radius 3 is 2.95 bits per heavy atom. The lowest BCUT2D eigenvalue weighted by atomic mass is 9.54. The van der Waals surface area contributed by atoms with E-state index in [0.29, 0.717) is 11.2 Å². The Balaban J connectivity index is 1.72. The molecule has 0 bridgehead atoms. The molecular formula is C19H24O. The van der Waals surface area contributed by atoms with Gasteiger partial charge in [-0.15, -0.1) is 0 Å². The van der Waals surface area contributed by atoms with E-state index in [1.54, 1.807) is 5.57 Å². The maximum absolute atomic E-state index is 9.70. The van der Waals surface area contributed by atoms with Gasteiger partial charge in [-0.2, -0.15) is 0 Å². The molecule has 1 fully saturated rings. The standard InChI is InChI=1S/C19H24O/c1-12-3-8-18-17-6-4-13-11-14(20)5-7-15(13)16(17)9-10-19(12,18)2/h3,5,7,11,16-18,20H,4,6,8-10H2,1-2H3/t16?,17?,18?,19-/m1/s1. The third-order valence-electron chi connectivity index (χ3n) is 6.68. The monoisotopic (exact) mass is 268 g/mol. The normalized spacial score (nSPS) is 38.7. The fourth-order valence-corrected chi connectivity index (χ4v) is 5.35. The van der Waals surface area contributed by atoms with Crippen molar-refractivity contribution in [1.29, 1.82) is 0 Å². The molecular weight excluding hydrogens is 244 g/mol. The van der Waals surface area contributed by atoms with Crippen LogP contribution in [0, 0.1) is 17.3 Å². The zero-order valence-electron chi connectivity index (χ0n) is 12.5. The summed E-state index contributed by atoms with van der Waals surface area (Å²) < 4.78 is 0. The van der Waals surface area contributed by atoms with E-state index in [1.807, 2.05) is 12.1 Å². The molecule has 1 nitrogen and oxygen atoms in total. The fourth-order valence-electron chi connectivity index (χ4n) is 5.35. The third kappa shape index (κ3) is 1.55. The van der Waals surface area contributed by atoms with Gasteiger partial charge in [-0.05, 0) is 85.5 Å². The number of allylic oxidation sites excluding steroid dienone is 2. The largest absolute Gasteiger partial charge is 0.508 e. The van der Waals surface area contributed by atoms with Crippen molar-refractivity contribution in [1.82, 2.24) is 0 Å². The summed E-state index contributed by atoms with van der Waals surface area (Å²) >= 11 is 0. The minimum atomic E-state index is 0.432. The average Bonchev–Trinajstić information content (AvgIpc) is 2.74. The molecule has 3 aliphatic rings. The van der Waals surface area contributed by atoms with Crippen molar-refractivity contribution < 1.29 is 5.11 Å². The van der Waals surface area contributed by atoms with E-state index in [1.165, 1.54) is 36.8 Å². The molecule has 0 saturated heterocycles. The number of phenolic OH excluding ortho intramolecular Hbond substituents is 1. The van der Waals surface area contributed by atoms with Crippen LogP contribution in [0.25, 0.3) is 0 Å². The van der Waals surface area contributed by atoms with Gasteiger partial charge < -0.3 is 5.11 Å². The molecule has 0 heterocycles. The quantitative estimate of drug-likeness (QED) is 0.670. The Hall–Kier alpha value is -1.24. The molecule has 3 unspecified atom stereocenters. The second-order valence-electron chi connectivity index (χ2n) is 7.38. The van der Waals surface area contributed by atoms with Crippen molar-refractivity contribution in [2.45, 2.75) is 51.9 Å². The Kier molecular flexibility index (Phi) is 2.58. The number of benzene rings is 1. The lowest BCUT2D eigenvalue weighted by Gasteiger charge is -2.50. The SMILES string of the molecule is CC1=CCC2C3CCc4cc(O)ccc4C3CC[C@]12C. The number of phenols is 1. The smallest absolute Gasteiger partial charge is 0.115 e. The maximum atomic E-state index is 9.70. The summed E-state index contributed by atoms with van der Waals surface area (Å²) in [5.74, 6) is 2.86. The van der Waals surface area contributed by atoms with E-state index < -0.39 is 0 Å². The van der Waals surface area contributed by atoms with Gasteiger partial charge in [0.15, 0.2) is 0 Å². The molecule has 106 valence electrons. The molecule has 0 radical (unpaired) electrons. The summed E-state index contributed by atoms with van der Waals surface area (Å²) in [5.41, 5.74) is 5.04. The van der Waals surface area contributed by atoms with E-state index in [2.05, 4.69) is 26.0 Å². The van der Waals surface area contributed by atoms with Crippen molar-refractivity contribution in [3.63, 3.8) is 0 Å². The first-order chi connectivity index (χ1) is 9.59. The summed E-state index contributed by atoms with van der Waals surface area (Å²) in [5, 5.41) is 9.70. The highest BCUT2D eigenvalue weighted by Gasteiger charge is 2.50. The summed E-state index contributed by atoms with van der Waals surface area (Å²) in [6.45, 7) is 4.84. The van der Waals surface area contributed by atoms with Gasteiger partial charge in [-0.25, -0.2) is 0 Å². The van der Waals surface area contributed by atoms with Crippen LogP contribution in [0.2, 0.25) is 0 Å². The first-order valence-corrected chi connectivity index (χ1v) is 8.08. The zero-order valence-corrected chi connectivity index (χ0v) is 12.5. The van der Waals surface area contributed by atoms with Crippen LogP contribution in [0.15, 0.2) is 29.8 Å². The van der Waals surface area contributed by atoms with Gasteiger partial charge in [0.05, 0.1) is 0 Å².